The number of imidazole rings is 1. The molecule has 1 aromatic carbocycles. The van der Waals surface area contributed by atoms with Gasteiger partial charge in [0.15, 0.2) is 17.7 Å². The molecule has 2 saturated heterocycles. The van der Waals surface area contributed by atoms with E-state index >= 15 is 0 Å². The first-order valence-corrected chi connectivity index (χ1v) is 13.1. The van der Waals surface area contributed by atoms with E-state index in [9.17, 15) is 10.2 Å². The molecule has 2 aromatic heterocycles. The molecule has 2 fully saturated rings. The van der Waals surface area contributed by atoms with Gasteiger partial charge in [0.2, 0.25) is 0 Å². The molecule has 5 rings (SSSR count). The second kappa shape index (κ2) is 9.14. The summed E-state index contributed by atoms with van der Waals surface area (Å²) in [5.74, 6) is 0.199. The van der Waals surface area contributed by atoms with Crippen LogP contribution in [0.25, 0.3) is 11.2 Å². The highest BCUT2D eigenvalue weighted by Gasteiger charge is 2.45. The number of nitrogens with two attached hydrogens (primary N) is 1. The van der Waals surface area contributed by atoms with Crippen molar-refractivity contribution in [3.8, 4) is 0 Å². The van der Waals surface area contributed by atoms with Gasteiger partial charge in [0.05, 0.1) is 25.6 Å². The summed E-state index contributed by atoms with van der Waals surface area (Å²) in [5, 5.41) is 21.8. The van der Waals surface area contributed by atoms with Gasteiger partial charge < -0.3 is 34.3 Å². The first-order valence-electron chi connectivity index (χ1n) is 10.1. The standard InChI is InChI=1S/C19H21ClN5O6PS/c20-11-3-1-2-10(6-11)12-4-5-28-32(33,31-12)29-7-13-15(26)16(27)19(30-13)25-9-24-14-17(21)22-8-23-18(14)25/h1-3,6,8-9,12-13,15-16,19,26-27H,4-5,7H2,(H2,21,22,23)/t12-,13-,15+,16+,19-,32?/m1/s1. The number of hydrogen-bond donors (Lipinski definition) is 3. The Morgan fingerprint density at radius 1 is 1.27 bits per heavy atom. The molecule has 0 bridgehead atoms. The predicted molar refractivity (Wildman–Crippen MR) is 122 cm³/mol. The average Bonchev–Trinajstić information content (AvgIpc) is 3.35. The molecule has 0 spiro atoms. The normalized spacial score (nSPS) is 32.4. The third-order valence-corrected chi connectivity index (χ3v) is 8.10. The zero-order valence-electron chi connectivity index (χ0n) is 17.1. The maximum Gasteiger partial charge on any atom is 0.327 e. The molecule has 0 amide bonds. The van der Waals surface area contributed by atoms with Crippen LogP contribution in [0.15, 0.2) is 36.9 Å². The van der Waals surface area contributed by atoms with Gasteiger partial charge in [-0.15, -0.1) is 0 Å². The highest BCUT2D eigenvalue weighted by Crippen LogP contribution is 2.57. The number of benzene rings is 1. The second-order valence-corrected chi connectivity index (χ2v) is 11.0. The Hall–Kier alpha value is -1.73. The van der Waals surface area contributed by atoms with E-state index in [0.29, 0.717) is 29.2 Å². The minimum atomic E-state index is -3.11. The van der Waals surface area contributed by atoms with E-state index in [2.05, 4.69) is 15.0 Å². The molecule has 1 unspecified atom stereocenters. The van der Waals surface area contributed by atoms with Gasteiger partial charge in [0.1, 0.15) is 30.2 Å². The maximum absolute atomic E-state index is 10.6. The molecule has 2 aliphatic rings. The Morgan fingerprint density at radius 2 is 2.12 bits per heavy atom. The molecule has 0 aliphatic carbocycles. The Bertz CT molecular complexity index is 1220. The summed E-state index contributed by atoms with van der Waals surface area (Å²) >= 11 is 11.6. The molecule has 14 heteroatoms. The number of rotatable bonds is 5. The predicted octanol–water partition coefficient (Wildman–Crippen LogP) is 2.10. The number of anilines is 1. The van der Waals surface area contributed by atoms with Gasteiger partial charge in [0, 0.05) is 11.4 Å². The lowest BCUT2D eigenvalue weighted by molar-refractivity contribution is -0.0533. The van der Waals surface area contributed by atoms with Crippen molar-refractivity contribution in [1.82, 2.24) is 19.5 Å². The molecule has 176 valence electrons. The van der Waals surface area contributed by atoms with Gasteiger partial charge in [-0.05, 0) is 29.5 Å². The highest BCUT2D eigenvalue weighted by molar-refractivity contribution is 8.07. The van der Waals surface area contributed by atoms with Crippen molar-refractivity contribution in [3.63, 3.8) is 0 Å². The zero-order valence-corrected chi connectivity index (χ0v) is 19.6. The number of halogens is 1. The van der Waals surface area contributed by atoms with E-state index < -0.39 is 31.3 Å². The summed E-state index contributed by atoms with van der Waals surface area (Å²) in [6, 6.07) is 7.33. The molecule has 4 N–H and O–H groups in total. The van der Waals surface area contributed by atoms with Gasteiger partial charge in [-0.3, -0.25) is 4.57 Å². The first kappa shape index (κ1) is 23.0. The summed E-state index contributed by atoms with van der Waals surface area (Å²) < 4.78 is 24.8. The topological polar surface area (TPSA) is 147 Å². The van der Waals surface area contributed by atoms with E-state index in [0.717, 1.165) is 5.56 Å². The molecule has 33 heavy (non-hydrogen) atoms. The first-order chi connectivity index (χ1) is 15.8. The zero-order chi connectivity index (χ0) is 23.2. The van der Waals surface area contributed by atoms with Gasteiger partial charge in [-0.1, -0.05) is 23.7 Å². The number of nitrogens with zero attached hydrogens (tertiary/aromatic N) is 4. The van der Waals surface area contributed by atoms with E-state index in [4.69, 9.17) is 47.4 Å². The number of hydrogen-bond acceptors (Lipinski definition) is 11. The Morgan fingerprint density at radius 3 is 2.94 bits per heavy atom. The lowest BCUT2D eigenvalue weighted by Gasteiger charge is -2.32. The van der Waals surface area contributed by atoms with E-state index in [-0.39, 0.29) is 18.5 Å². The monoisotopic (exact) mass is 513 g/mol. The van der Waals surface area contributed by atoms with E-state index in [1.54, 1.807) is 6.07 Å². The summed E-state index contributed by atoms with van der Waals surface area (Å²) in [6.45, 7) is -2.90. The third-order valence-electron chi connectivity index (χ3n) is 5.50. The molecule has 3 aromatic rings. The number of aromatic nitrogens is 4. The van der Waals surface area contributed by atoms with Crippen LogP contribution in [0.2, 0.25) is 5.02 Å². The largest absolute Gasteiger partial charge is 0.387 e. The van der Waals surface area contributed by atoms with Gasteiger partial charge in [-0.25, -0.2) is 15.0 Å². The second-order valence-electron chi connectivity index (χ2n) is 7.64. The summed E-state index contributed by atoms with van der Waals surface area (Å²) in [4.78, 5) is 12.2. The van der Waals surface area contributed by atoms with Crippen LogP contribution in [-0.2, 0) is 30.1 Å². The van der Waals surface area contributed by atoms with Crippen molar-refractivity contribution in [1.29, 1.82) is 0 Å². The Labute approximate surface area is 198 Å². The van der Waals surface area contributed by atoms with Crippen molar-refractivity contribution in [2.45, 2.75) is 37.1 Å². The highest BCUT2D eigenvalue weighted by atomic mass is 35.5. The number of aliphatic hydroxyl groups excluding tert-OH is 2. The lowest BCUT2D eigenvalue weighted by atomic mass is 10.1. The van der Waals surface area contributed by atoms with Crippen LogP contribution < -0.4 is 5.73 Å². The molecule has 4 heterocycles. The van der Waals surface area contributed by atoms with Crippen LogP contribution in [0.1, 0.15) is 24.3 Å². The number of fused-ring (bicyclic) bond motifs is 1. The molecule has 0 saturated carbocycles. The smallest absolute Gasteiger partial charge is 0.327 e. The van der Waals surface area contributed by atoms with Crippen molar-refractivity contribution < 1.29 is 28.5 Å². The van der Waals surface area contributed by atoms with Crippen LogP contribution in [0, 0.1) is 0 Å². The van der Waals surface area contributed by atoms with Crippen LogP contribution >= 0.6 is 18.3 Å². The average molecular weight is 514 g/mol. The SMILES string of the molecule is Nc1ncnc2c1ncn2[C@@H]1O[C@H](COP2(=S)OCC[C@H](c3cccc(Cl)c3)O2)[C@H](O)[C@@H]1O. The van der Waals surface area contributed by atoms with Crippen molar-refractivity contribution in [2.24, 2.45) is 0 Å². The number of nitrogen functional groups attached to an aromatic ring is 1. The van der Waals surface area contributed by atoms with Crippen molar-refractivity contribution >= 4 is 47.1 Å². The van der Waals surface area contributed by atoms with Gasteiger partial charge in [-0.2, -0.15) is 0 Å². The lowest BCUT2D eigenvalue weighted by Crippen LogP contribution is -2.34. The molecular weight excluding hydrogens is 493 g/mol. The van der Waals surface area contributed by atoms with Gasteiger partial charge >= 0.3 is 6.72 Å². The fourth-order valence-corrected chi connectivity index (χ4v) is 6.14. The van der Waals surface area contributed by atoms with Gasteiger partial charge in [0.25, 0.3) is 0 Å². The van der Waals surface area contributed by atoms with E-state index in [1.807, 2.05) is 18.2 Å². The summed E-state index contributed by atoms with van der Waals surface area (Å²) in [5.41, 5.74) is 7.44. The Balaban J connectivity index is 1.27. The molecule has 2 aliphatic heterocycles. The van der Waals surface area contributed by atoms with Crippen LogP contribution in [0.4, 0.5) is 5.82 Å². The van der Waals surface area contributed by atoms with Crippen LogP contribution in [0.5, 0.6) is 0 Å². The molecule has 6 atom stereocenters. The minimum absolute atomic E-state index is 0.141. The fourth-order valence-electron chi connectivity index (χ4n) is 3.83. The molecule has 0 radical (unpaired) electrons. The number of aliphatic hydroxyl groups is 2. The molecular formula is C19H21ClN5O6PS. The maximum atomic E-state index is 10.6. The number of ether oxygens (including phenoxy) is 1. The minimum Gasteiger partial charge on any atom is -0.387 e. The fraction of sp³-hybridized carbons (Fsp3) is 0.421. The van der Waals surface area contributed by atoms with Crippen molar-refractivity contribution in [2.75, 3.05) is 18.9 Å². The quantitative estimate of drug-likeness (QED) is 0.431. The molecule has 11 nitrogen and oxygen atoms in total. The van der Waals surface area contributed by atoms with Crippen LogP contribution in [0.3, 0.4) is 0 Å². The third kappa shape index (κ3) is 4.51. The summed E-state index contributed by atoms with van der Waals surface area (Å²) in [7, 11) is 0. The van der Waals surface area contributed by atoms with Crippen molar-refractivity contribution in [3.05, 3.63) is 47.5 Å². The van der Waals surface area contributed by atoms with E-state index in [1.165, 1.54) is 17.2 Å². The van der Waals surface area contributed by atoms with Crippen LogP contribution in [-0.4, -0.2) is 61.3 Å². The summed E-state index contributed by atoms with van der Waals surface area (Å²) in [6.07, 6.45) is -1.37. The Kier molecular flexibility index (Phi) is 6.38.